The number of pyridine rings is 1. The minimum Gasteiger partial charge on any atom is -0.326 e. The molecule has 1 amide bonds. The highest BCUT2D eigenvalue weighted by atomic mass is 16.1. The monoisotopic (exact) mass is 261 g/mol. The van der Waals surface area contributed by atoms with Crippen molar-refractivity contribution in [3.63, 3.8) is 0 Å². The number of carbonyl (C=O) groups is 1. The molecule has 0 aromatic carbocycles. The first-order valence-electron chi connectivity index (χ1n) is 6.96. The molecule has 0 bridgehead atoms. The van der Waals surface area contributed by atoms with E-state index in [9.17, 15) is 4.79 Å². The molecule has 1 aromatic rings. The predicted molar refractivity (Wildman–Crippen MR) is 76.6 cm³/mol. The van der Waals surface area contributed by atoms with Crippen LogP contribution in [0.25, 0.3) is 0 Å². The summed E-state index contributed by atoms with van der Waals surface area (Å²) in [5.41, 5.74) is 6.84. The Morgan fingerprint density at radius 3 is 2.37 bits per heavy atom. The Bertz CT molecular complexity index is 417. The quantitative estimate of drug-likeness (QED) is 0.878. The van der Waals surface area contributed by atoms with Gasteiger partial charge in [0.2, 0.25) is 5.91 Å². The molecule has 0 atom stereocenters. The van der Waals surface area contributed by atoms with E-state index < -0.39 is 0 Å². The van der Waals surface area contributed by atoms with Gasteiger partial charge in [-0.25, -0.2) is 0 Å². The third-order valence-electron chi connectivity index (χ3n) is 4.10. The second kappa shape index (κ2) is 5.70. The van der Waals surface area contributed by atoms with Crippen LogP contribution in [0.3, 0.4) is 0 Å². The van der Waals surface area contributed by atoms with Gasteiger partial charge in [-0.15, -0.1) is 0 Å². The molecule has 4 heteroatoms. The summed E-state index contributed by atoms with van der Waals surface area (Å²) in [7, 11) is 0. The van der Waals surface area contributed by atoms with E-state index in [2.05, 4.69) is 24.1 Å². The van der Waals surface area contributed by atoms with Crippen LogP contribution in [0.5, 0.6) is 0 Å². The first-order chi connectivity index (χ1) is 8.97. The largest absolute Gasteiger partial charge is 0.326 e. The number of anilines is 1. The number of nitrogens with one attached hydrogen (secondary N) is 1. The van der Waals surface area contributed by atoms with Gasteiger partial charge >= 0.3 is 0 Å². The smallest absolute Gasteiger partial charge is 0.227 e. The summed E-state index contributed by atoms with van der Waals surface area (Å²) in [4.78, 5) is 16.1. The van der Waals surface area contributed by atoms with Crippen molar-refractivity contribution in [1.82, 2.24) is 4.98 Å². The molecule has 0 saturated heterocycles. The zero-order valence-corrected chi connectivity index (χ0v) is 11.7. The van der Waals surface area contributed by atoms with Gasteiger partial charge in [-0.2, -0.15) is 0 Å². The molecule has 1 heterocycles. The van der Waals surface area contributed by atoms with Crippen LogP contribution < -0.4 is 11.1 Å². The third kappa shape index (κ3) is 3.77. The van der Waals surface area contributed by atoms with Crippen LogP contribution in [-0.4, -0.2) is 16.4 Å². The van der Waals surface area contributed by atoms with E-state index in [4.69, 9.17) is 5.73 Å². The van der Waals surface area contributed by atoms with Crippen molar-refractivity contribution in [3.05, 3.63) is 24.5 Å². The summed E-state index contributed by atoms with van der Waals surface area (Å²) in [5.74, 6) is 0.767. The molecule has 0 unspecified atom stereocenters. The van der Waals surface area contributed by atoms with Crippen molar-refractivity contribution in [1.29, 1.82) is 0 Å². The van der Waals surface area contributed by atoms with Crippen LogP contribution in [0.1, 0.15) is 39.5 Å². The summed E-state index contributed by atoms with van der Waals surface area (Å²) >= 11 is 0. The van der Waals surface area contributed by atoms with Gasteiger partial charge in [0.05, 0.1) is 0 Å². The normalized spacial score (nSPS) is 23.9. The van der Waals surface area contributed by atoms with E-state index >= 15 is 0 Å². The maximum atomic E-state index is 12.2. The molecule has 0 radical (unpaired) electrons. The SMILES string of the molecule is CC(C)(N)C1CCC(C(=O)Nc2ccncc2)CC1. The molecular weight excluding hydrogens is 238 g/mol. The lowest BCUT2D eigenvalue weighted by atomic mass is 9.73. The molecule has 0 aliphatic heterocycles. The fourth-order valence-electron chi connectivity index (χ4n) is 2.78. The van der Waals surface area contributed by atoms with Crippen molar-refractivity contribution in [2.75, 3.05) is 5.32 Å². The average molecular weight is 261 g/mol. The molecule has 104 valence electrons. The number of nitrogens with two attached hydrogens (primary N) is 1. The molecule has 19 heavy (non-hydrogen) atoms. The Hall–Kier alpha value is -1.42. The Labute approximate surface area is 114 Å². The second-order valence-electron chi connectivity index (χ2n) is 6.10. The van der Waals surface area contributed by atoms with E-state index in [0.717, 1.165) is 31.4 Å². The number of hydrogen-bond acceptors (Lipinski definition) is 3. The second-order valence-corrected chi connectivity index (χ2v) is 6.10. The maximum absolute atomic E-state index is 12.2. The van der Waals surface area contributed by atoms with E-state index in [1.165, 1.54) is 0 Å². The molecule has 1 aliphatic rings. The number of amides is 1. The first kappa shape index (κ1) is 14.0. The zero-order chi connectivity index (χ0) is 13.9. The third-order valence-corrected chi connectivity index (χ3v) is 4.10. The maximum Gasteiger partial charge on any atom is 0.227 e. The highest BCUT2D eigenvalue weighted by molar-refractivity contribution is 5.92. The summed E-state index contributed by atoms with van der Waals surface area (Å²) in [5, 5.41) is 2.96. The average Bonchev–Trinajstić information content (AvgIpc) is 2.39. The number of aromatic nitrogens is 1. The predicted octanol–water partition coefficient (Wildman–Crippen LogP) is 2.56. The summed E-state index contributed by atoms with van der Waals surface area (Å²) < 4.78 is 0. The topological polar surface area (TPSA) is 68.0 Å². The Kier molecular flexibility index (Phi) is 4.20. The van der Waals surface area contributed by atoms with Crippen LogP contribution in [0.15, 0.2) is 24.5 Å². The van der Waals surface area contributed by atoms with E-state index in [1.54, 1.807) is 12.4 Å². The molecule has 2 rings (SSSR count). The number of nitrogens with zero attached hydrogens (tertiary/aromatic N) is 1. The molecule has 1 aromatic heterocycles. The lowest BCUT2D eigenvalue weighted by molar-refractivity contribution is -0.121. The van der Waals surface area contributed by atoms with Crippen LogP contribution >= 0.6 is 0 Å². The van der Waals surface area contributed by atoms with Gasteiger partial charge in [-0.1, -0.05) is 0 Å². The standard InChI is InChI=1S/C15H23N3O/c1-15(2,16)12-5-3-11(4-6-12)14(19)18-13-7-9-17-10-8-13/h7-12H,3-6,16H2,1-2H3,(H,17,18,19). The first-order valence-corrected chi connectivity index (χ1v) is 6.96. The molecule has 0 spiro atoms. The minimum absolute atomic E-state index is 0.117. The highest BCUT2D eigenvalue weighted by Gasteiger charge is 2.32. The van der Waals surface area contributed by atoms with Crippen LogP contribution in [-0.2, 0) is 4.79 Å². The molecule has 4 nitrogen and oxygen atoms in total. The van der Waals surface area contributed by atoms with Gasteiger partial charge in [-0.05, 0) is 57.6 Å². The van der Waals surface area contributed by atoms with Crippen molar-refractivity contribution >= 4 is 11.6 Å². The van der Waals surface area contributed by atoms with Gasteiger partial charge in [0.15, 0.2) is 0 Å². The van der Waals surface area contributed by atoms with Gasteiger partial charge in [-0.3, -0.25) is 9.78 Å². The van der Waals surface area contributed by atoms with E-state index in [0.29, 0.717) is 5.92 Å². The number of carbonyl (C=O) groups excluding carboxylic acids is 1. The van der Waals surface area contributed by atoms with Gasteiger partial charge in [0.1, 0.15) is 0 Å². The van der Waals surface area contributed by atoms with Crippen LogP contribution in [0.4, 0.5) is 5.69 Å². The van der Waals surface area contributed by atoms with Crippen LogP contribution in [0, 0.1) is 11.8 Å². The van der Waals surface area contributed by atoms with Gasteiger partial charge < -0.3 is 11.1 Å². The molecular formula is C15H23N3O. The molecule has 3 N–H and O–H groups in total. The number of hydrogen-bond donors (Lipinski definition) is 2. The lowest BCUT2D eigenvalue weighted by Gasteiger charge is -2.36. The van der Waals surface area contributed by atoms with E-state index in [1.807, 2.05) is 12.1 Å². The van der Waals surface area contributed by atoms with E-state index in [-0.39, 0.29) is 17.4 Å². The van der Waals surface area contributed by atoms with Crippen molar-refractivity contribution < 1.29 is 4.79 Å². The minimum atomic E-state index is -0.132. The van der Waals surface area contributed by atoms with Crippen molar-refractivity contribution in [3.8, 4) is 0 Å². The zero-order valence-electron chi connectivity index (χ0n) is 11.7. The van der Waals surface area contributed by atoms with Crippen molar-refractivity contribution in [2.45, 2.75) is 45.1 Å². The molecule has 1 aliphatic carbocycles. The fraction of sp³-hybridized carbons (Fsp3) is 0.600. The fourth-order valence-corrected chi connectivity index (χ4v) is 2.78. The summed E-state index contributed by atoms with van der Waals surface area (Å²) in [6, 6.07) is 3.62. The van der Waals surface area contributed by atoms with Crippen molar-refractivity contribution in [2.24, 2.45) is 17.6 Å². The Morgan fingerprint density at radius 1 is 1.26 bits per heavy atom. The summed E-state index contributed by atoms with van der Waals surface area (Å²) in [6.07, 6.45) is 7.31. The van der Waals surface area contributed by atoms with Crippen LogP contribution in [0.2, 0.25) is 0 Å². The Balaban J connectivity index is 1.86. The molecule has 1 fully saturated rings. The Morgan fingerprint density at radius 2 is 1.84 bits per heavy atom. The van der Waals surface area contributed by atoms with Gasteiger partial charge in [0, 0.05) is 29.5 Å². The highest BCUT2D eigenvalue weighted by Crippen LogP contribution is 2.34. The molecule has 1 saturated carbocycles. The number of rotatable bonds is 3. The lowest BCUT2D eigenvalue weighted by Crippen LogP contribution is -2.43. The van der Waals surface area contributed by atoms with Gasteiger partial charge in [0.25, 0.3) is 0 Å². The summed E-state index contributed by atoms with van der Waals surface area (Å²) in [6.45, 7) is 4.16.